The number of fused-ring (bicyclic) bond motifs is 1. The lowest BCUT2D eigenvalue weighted by Gasteiger charge is -2.27. The molecule has 1 aromatic heterocycles. The molecule has 3 rings (SSSR count). The molecule has 1 aliphatic heterocycles. The van der Waals surface area contributed by atoms with Gasteiger partial charge in [0.2, 0.25) is 0 Å². The third-order valence-corrected chi connectivity index (χ3v) is 4.55. The first-order valence-corrected chi connectivity index (χ1v) is 8.60. The predicted molar refractivity (Wildman–Crippen MR) is 93.0 cm³/mol. The third-order valence-electron chi connectivity index (χ3n) is 4.11. The zero-order valence-electron chi connectivity index (χ0n) is 12.5. The second-order valence-electron chi connectivity index (χ2n) is 5.74. The zero-order valence-corrected chi connectivity index (χ0v) is 14.1. The number of pyridine rings is 1. The Morgan fingerprint density at radius 1 is 1.43 bits per heavy atom. The number of aromatic nitrogens is 1. The standard InChI is InChI=1S/C17H22BrN3/c1-2-5-15-12-21(9-4-8-19-15)16-7-3-6-13-10-14(18)11-20-17(13)16/h3,6-7,10-11,15,19H,2,4-5,8-9,12H2,1H3. The van der Waals surface area contributed by atoms with Crippen LogP contribution in [0.25, 0.3) is 10.9 Å². The number of halogens is 1. The van der Waals surface area contributed by atoms with Crippen LogP contribution in [0, 0.1) is 0 Å². The van der Waals surface area contributed by atoms with Crippen molar-refractivity contribution in [3.8, 4) is 0 Å². The fourth-order valence-electron chi connectivity index (χ4n) is 3.13. The van der Waals surface area contributed by atoms with Crippen LogP contribution >= 0.6 is 15.9 Å². The summed E-state index contributed by atoms with van der Waals surface area (Å²) in [6.07, 6.45) is 5.55. The van der Waals surface area contributed by atoms with Crippen LogP contribution in [0.5, 0.6) is 0 Å². The minimum atomic E-state index is 0.586. The Bertz CT molecular complexity index is 614. The maximum absolute atomic E-state index is 4.65. The van der Waals surface area contributed by atoms with Gasteiger partial charge < -0.3 is 10.2 Å². The van der Waals surface area contributed by atoms with E-state index in [2.05, 4.69) is 62.3 Å². The molecule has 1 atom stereocenters. The highest BCUT2D eigenvalue weighted by Gasteiger charge is 2.19. The van der Waals surface area contributed by atoms with E-state index in [0.717, 1.165) is 29.6 Å². The predicted octanol–water partition coefficient (Wildman–Crippen LogP) is 3.97. The first-order valence-electron chi connectivity index (χ1n) is 7.80. The molecule has 1 aliphatic rings. The molecule has 1 fully saturated rings. The number of benzene rings is 1. The molecule has 21 heavy (non-hydrogen) atoms. The molecule has 1 unspecified atom stereocenters. The summed E-state index contributed by atoms with van der Waals surface area (Å²) >= 11 is 3.51. The van der Waals surface area contributed by atoms with Gasteiger partial charge in [-0.1, -0.05) is 25.5 Å². The number of rotatable bonds is 3. The van der Waals surface area contributed by atoms with Crippen molar-refractivity contribution < 1.29 is 0 Å². The summed E-state index contributed by atoms with van der Waals surface area (Å²) in [6, 6.07) is 9.21. The quantitative estimate of drug-likeness (QED) is 0.910. The van der Waals surface area contributed by atoms with Crippen molar-refractivity contribution in [3.63, 3.8) is 0 Å². The van der Waals surface area contributed by atoms with Crippen molar-refractivity contribution in [1.29, 1.82) is 0 Å². The molecule has 0 saturated carbocycles. The van der Waals surface area contributed by atoms with Crippen LogP contribution in [0.2, 0.25) is 0 Å². The van der Waals surface area contributed by atoms with Crippen molar-refractivity contribution in [2.24, 2.45) is 0 Å². The molecular weight excluding hydrogens is 326 g/mol. The van der Waals surface area contributed by atoms with Gasteiger partial charge in [-0.25, -0.2) is 0 Å². The summed E-state index contributed by atoms with van der Waals surface area (Å²) in [5.74, 6) is 0. The molecule has 3 nitrogen and oxygen atoms in total. The molecule has 0 amide bonds. The van der Waals surface area contributed by atoms with Crippen molar-refractivity contribution in [2.45, 2.75) is 32.2 Å². The van der Waals surface area contributed by atoms with Crippen molar-refractivity contribution >= 4 is 32.5 Å². The molecule has 1 saturated heterocycles. The summed E-state index contributed by atoms with van der Waals surface area (Å²) in [5, 5.41) is 4.87. The van der Waals surface area contributed by atoms with Crippen molar-refractivity contribution in [1.82, 2.24) is 10.3 Å². The van der Waals surface area contributed by atoms with Crippen molar-refractivity contribution in [2.75, 3.05) is 24.5 Å². The number of nitrogens with zero attached hydrogens (tertiary/aromatic N) is 2. The highest BCUT2D eigenvalue weighted by atomic mass is 79.9. The van der Waals surface area contributed by atoms with Crippen LogP contribution in [0.4, 0.5) is 5.69 Å². The van der Waals surface area contributed by atoms with Gasteiger partial charge in [0.05, 0.1) is 11.2 Å². The summed E-state index contributed by atoms with van der Waals surface area (Å²) in [6.45, 7) is 5.55. The maximum atomic E-state index is 4.65. The lowest BCUT2D eigenvalue weighted by molar-refractivity contribution is 0.503. The molecule has 4 heteroatoms. The van der Waals surface area contributed by atoms with Crippen LogP contribution in [0.3, 0.4) is 0 Å². The highest BCUT2D eigenvalue weighted by Crippen LogP contribution is 2.28. The molecule has 112 valence electrons. The lowest BCUT2D eigenvalue weighted by atomic mass is 10.1. The topological polar surface area (TPSA) is 28.2 Å². The molecule has 0 radical (unpaired) electrons. The number of nitrogens with one attached hydrogen (secondary N) is 1. The summed E-state index contributed by atoms with van der Waals surface area (Å²) in [7, 11) is 0. The van der Waals surface area contributed by atoms with E-state index in [9.17, 15) is 0 Å². The second-order valence-corrected chi connectivity index (χ2v) is 6.66. The number of hydrogen-bond donors (Lipinski definition) is 1. The second kappa shape index (κ2) is 6.75. The first kappa shape index (κ1) is 14.8. The third kappa shape index (κ3) is 3.38. The fourth-order valence-corrected chi connectivity index (χ4v) is 3.48. The van der Waals surface area contributed by atoms with Crippen LogP contribution in [-0.2, 0) is 0 Å². The minimum absolute atomic E-state index is 0.586. The summed E-state index contributed by atoms with van der Waals surface area (Å²) in [5.41, 5.74) is 2.38. The van der Waals surface area contributed by atoms with Crippen LogP contribution in [0.15, 0.2) is 34.9 Å². The minimum Gasteiger partial charge on any atom is -0.368 e. The average Bonchev–Trinajstić information content (AvgIpc) is 2.72. The number of hydrogen-bond acceptors (Lipinski definition) is 3. The van der Waals surface area contributed by atoms with E-state index < -0.39 is 0 Å². The molecule has 2 aromatic rings. The number of para-hydroxylation sites is 1. The molecular formula is C17H22BrN3. The zero-order chi connectivity index (χ0) is 14.7. The largest absolute Gasteiger partial charge is 0.368 e. The van der Waals surface area contributed by atoms with Gasteiger partial charge in [-0.15, -0.1) is 0 Å². The summed E-state index contributed by atoms with van der Waals surface area (Å²) < 4.78 is 1.04. The Morgan fingerprint density at radius 3 is 3.19 bits per heavy atom. The molecule has 2 heterocycles. The van der Waals surface area contributed by atoms with E-state index in [-0.39, 0.29) is 0 Å². The SMILES string of the molecule is CCCC1CN(c2cccc3cc(Br)cnc23)CCCN1. The van der Waals surface area contributed by atoms with Gasteiger partial charge in [0.25, 0.3) is 0 Å². The highest BCUT2D eigenvalue weighted by molar-refractivity contribution is 9.10. The Balaban J connectivity index is 1.94. The van der Waals surface area contributed by atoms with Gasteiger partial charge in [-0.3, -0.25) is 4.98 Å². The average molecular weight is 348 g/mol. The lowest BCUT2D eigenvalue weighted by Crippen LogP contribution is -2.37. The van der Waals surface area contributed by atoms with Crippen LogP contribution in [-0.4, -0.2) is 30.7 Å². The van der Waals surface area contributed by atoms with E-state index >= 15 is 0 Å². The monoisotopic (exact) mass is 347 g/mol. The van der Waals surface area contributed by atoms with Gasteiger partial charge in [0.1, 0.15) is 0 Å². The molecule has 0 bridgehead atoms. The smallest absolute Gasteiger partial charge is 0.0936 e. The van der Waals surface area contributed by atoms with E-state index in [4.69, 9.17) is 0 Å². The Labute approximate surface area is 134 Å². The van der Waals surface area contributed by atoms with E-state index in [1.54, 1.807) is 0 Å². The van der Waals surface area contributed by atoms with E-state index in [1.165, 1.54) is 30.3 Å². The normalized spacial score (nSPS) is 19.7. The molecule has 0 aliphatic carbocycles. The van der Waals surface area contributed by atoms with Crippen LogP contribution < -0.4 is 10.2 Å². The Kier molecular flexibility index (Phi) is 4.76. The Morgan fingerprint density at radius 2 is 2.33 bits per heavy atom. The fraction of sp³-hybridized carbons (Fsp3) is 0.471. The van der Waals surface area contributed by atoms with Gasteiger partial charge in [-0.2, -0.15) is 0 Å². The van der Waals surface area contributed by atoms with Gasteiger partial charge in [-0.05, 0) is 47.4 Å². The van der Waals surface area contributed by atoms with Gasteiger partial charge >= 0.3 is 0 Å². The molecule has 1 N–H and O–H groups in total. The van der Waals surface area contributed by atoms with E-state index in [0.29, 0.717) is 6.04 Å². The van der Waals surface area contributed by atoms with E-state index in [1.807, 2.05) is 6.20 Å². The van der Waals surface area contributed by atoms with Gasteiger partial charge in [0.15, 0.2) is 0 Å². The number of anilines is 1. The molecule has 0 spiro atoms. The van der Waals surface area contributed by atoms with Crippen molar-refractivity contribution in [3.05, 3.63) is 34.9 Å². The van der Waals surface area contributed by atoms with Gasteiger partial charge in [0, 0.05) is 35.2 Å². The summed E-state index contributed by atoms with van der Waals surface area (Å²) in [4.78, 5) is 7.15. The Hall–Kier alpha value is -1.13. The van der Waals surface area contributed by atoms with Crippen LogP contribution in [0.1, 0.15) is 26.2 Å². The maximum Gasteiger partial charge on any atom is 0.0936 e. The first-order chi connectivity index (χ1) is 10.3. The molecule has 1 aromatic carbocycles.